The highest BCUT2D eigenvalue weighted by Crippen LogP contribution is 2.33. The van der Waals surface area contributed by atoms with Crippen LogP contribution in [0, 0.1) is 20.8 Å². The molecule has 4 heteroatoms. The van der Waals surface area contributed by atoms with Crippen molar-refractivity contribution >= 4 is 21.9 Å². The maximum Gasteiger partial charge on any atom is 0.349 e. The zero-order valence-corrected chi connectivity index (χ0v) is 13.8. The van der Waals surface area contributed by atoms with Crippen molar-refractivity contribution in [2.75, 3.05) is 0 Å². The van der Waals surface area contributed by atoms with E-state index in [1.54, 1.807) is 24.3 Å². The van der Waals surface area contributed by atoms with Gasteiger partial charge in [0.1, 0.15) is 5.75 Å². The average Bonchev–Trinajstić information content (AvgIpc) is 2.48. The molecule has 0 aromatic heterocycles. The summed E-state index contributed by atoms with van der Waals surface area (Å²) in [5, 5.41) is 9.44. The van der Waals surface area contributed by atoms with E-state index in [-0.39, 0.29) is 0 Å². The summed E-state index contributed by atoms with van der Waals surface area (Å²) in [4.78, 5) is 11.5. The van der Waals surface area contributed by atoms with Gasteiger partial charge in [0, 0.05) is 10.0 Å². The van der Waals surface area contributed by atoms with Gasteiger partial charge in [0.05, 0.1) is 0 Å². The molecule has 110 valence electrons. The van der Waals surface area contributed by atoms with Gasteiger partial charge >= 0.3 is 5.97 Å². The summed E-state index contributed by atoms with van der Waals surface area (Å²) in [6, 6.07) is 10.8. The van der Waals surface area contributed by atoms with Crippen LogP contribution in [0.4, 0.5) is 0 Å². The van der Waals surface area contributed by atoms with Gasteiger partial charge in [-0.15, -0.1) is 0 Å². The first kappa shape index (κ1) is 15.6. The van der Waals surface area contributed by atoms with Gasteiger partial charge in [-0.25, -0.2) is 4.79 Å². The van der Waals surface area contributed by atoms with Gasteiger partial charge in [-0.1, -0.05) is 46.3 Å². The molecule has 2 aromatic rings. The molecular formula is C17H17BrO3. The normalized spacial score (nSPS) is 12.0. The molecule has 0 aliphatic carbocycles. The number of halogens is 1. The fourth-order valence-corrected chi connectivity index (χ4v) is 2.56. The van der Waals surface area contributed by atoms with E-state index in [9.17, 15) is 9.90 Å². The highest BCUT2D eigenvalue weighted by molar-refractivity contribution is 9.10. The van der Waals surface area contributed by atoms with E-state index in [1.165, 1.54) is 0 Å². The summed E-state index contributed by atoms with van der Waals surface area (Å²) in [6.45, 7) is 5.87. The second-order valence-electron chi connectivity index (χ2n) is 5.00. The minimum absolute atomic E-state index is 0.601. The van der Waals surface area contributed by atoms with Crippen molar-refractivity contribution in [2.24, 2.45) is 0 Å². The summed E-state index contributed by atoms with van der Waals surface area (Å²) in [5.74, 6) is -0.400. The second kappa shape index (κ2) is 6.31. The van der Waals surface area contributed by atoms with Crippen LogP contribution in [-0.4, -0.2) is 11.1 Å². The SMILES string of the molecule is Cc1cc(OC(C(=O)O)c2ccccc2)c(C)c(C)c1Br. The molecule has 0 saturated carbocycles. The number of ether oxygens (including phenoxy) is 1. The van der Waals surface area contributed by atoms with Gasteiger partial charge < -0.3 is 9.84 Å². The average molecular weight is 349 g/mol. The number of carbonyl (C=O) groups is 1. The first-order valence-electron chi connectivity index (χ1n) is 6.62. The summed E-state index contributed by atoms with van der Waals surface area (Å²) in [7, 11) is 0. The lowest BCUT2D eigenvalue weighted by molar-refractivity contribution is -0.145. The standard InChI is InChI=1S/C17H17BrO3/c1-10-9-14(11(2)12(3)15(10)18)21-16(17(19)20)13-7-5-4-6-8-13/h4-9,16H,1-3H3,(H,19,20). The predicted octanol–water partition coefficient (Wildman–Crippen LogP) is 4.58. The van der Waals surface area contributed by atoms with Gasteiger partial charge in [-0.05, 0) is 43.5 Å². The summed E-state index contributed by atoms with van der Waals surface area (Å²) >= 11 is 3.53. The molecule has 0 bridgehead atoms. The van der Waals surface area contributed by atoms with Gasteiger partial charge in [0.15, 0.2) is 0 Å². The molecular weight excluding hydrogens is 332 g/mol. The molecule has 0 heterocycles. The molecule has 2 rings (SSSR count). The molecule has 0 aliphatic rings. The lowest BCUT2D eigenvalue weighted by atomic mass is 10.0. The summed E-state index contributed by atoms with van der Waals surface area (Å²) < 4.78 is 6.82. The number of rotatable bonds is 4. The van der Waals surface area contributed by atoms with Gasteiger partial charge in [0.25, 0.3) is 0 Å². The van der Waals surface area contributed by atoms with Crippen LogP contribution in [0.25, 0.3) is 0 Å². The van der Waals surface area contributed by atoms with E-state index in [2.05, 4.69) is 15.9 Å². The molecule has 0 aliphatic heterocycles. The van der Waals surface area contributed by atoms with Crippen molar-refractivity contribution in [3.05, 3.63) is 63.1 Å². The number of carboxylic acid groups (broad SMARTS) is 1. The maximum absolute atomic E-state index is 11.5. The Hall–Kier alpha value is -1.81. The van der Waals surface area contributed by atoms with Crippen molar-refractivity contribution in [3.8, 4) is 5.75 Å². The summed E-state index contributed by atoms with van der Waals surface area (Å²) in [6.07, 6.45) is -1.01. The van der Waals surface area contributed by atoms with E-state index in [0.717, 1.165) is 21.2 Å². The summed E-state index contributed by atoms with van der Waals surface area (Å²) in [5.41, 5.74) is 3.64. The van der Waals surface area contributed by atoms with E-state index in [0.29, 0.717) is 11.3 Å². The Morgan fingerprint density at radius 1 is 1.14 bits per heavy atom. The van der Waals surface area contributed by atoms with Crippen molar-refractivity contribution in [2.45, 2.75) is 26.9 Å². The molecule has 0 spiro atoms. The van der Waals surface area contributed by atoms with Crippen molar-refractivity contribution in [1.82, 2.24) is 0 Å². The lowest BCUT2D eigenvalue weighted by Gasteiger charge is -2.19. The maximum atomic E-state index is 11.5. The zero-order chi connectivity index (χ0) is 15.6. The second-order valence-corrected chi connectivity index (χ2v) is 5.80. The fourth-order valence-electron chi connectivity index (χ4n) is 2.15. The van der Waals surface area contributed by atoms with Crippen LogP contribution >= 0.6 is 15.9 Å². The van der Waals surface area contributed by atoms with Gasteiger partial charge in [-0.3, -0.25) is 0 Å². The highest BCUT2D eigenvalue weighted by atomic mass is 79.9. The third-order valence-electron chi connectivity index (χ3n) is 3.53. The number of aliphatic carboxylic acids is 1. The molecule has 1 unspecified atom stereocenters. The minimum atomic E-state index is -1.01. The minimum Gasteiger partial charge on any atom is -0.478 e. The van der Waals surface area contributed by atoms with Crippen molar-refractivity contribution in [3.63, 3.8) is 0 Å². The number of benzene rings is 2. The van der Waals surface area contributed by atoms with Crippen LogP contribution in [0.5, 0.6) is 5.75 Å². The Balaban J connectivity index is 2.41. The molecule has 1 atom stereocenters. The van der Waals surface area contributed by atoms with Crippen LogP contribution in [-0.2, 0) is 4.79 Å². The van der Waals surface area contributed by atoms with Crippen LogP contribution in [0.15, 0.2) is 40.9 Å². The van der Waals surface area contributed by atoms with Crippen LogP contribution < -0.4 is 4.74 Å². The molecule has 21 heavy (non-hydrogen) atoms. The first-order valence-corrected chi connectivity index (χ1v) is 7.41. The Bertz CT molecular complexity index is 665. The Morgan fingerprint density at radius 3 is 2.33 bits per heavy atom. The number of hydrogen-bond acceptors (Lipinski definition) is 2. The van der Waals surface area contributed by atoms with Crippen LogP contribution in [0.2, 0.25) is 0 Å². The number of aryl methyl sites for hydroxylation is 1. The lowest BCUT2D eigenvalue weighted by Crippen LogP contribution is -2.18. The van der Waals surface area contributed by atoms with Gasteiger partial charge in [-0.2, -0.15) is 0 Å². The fraction of sp³-hybridized carbons (Fsp3) is 0.235. The molecule has 0 fully saturated rings. The number of hydrogen-bond donors (Lipinski definition) is 1. The predicted molar refractivity (Wildman–Crippen MR) is 85.8 cm³/mol. The van der Waals surface area contributed by atoms with E-state index < -0.39 is 12.1 Å². The van der Waals surface area contributed by atoms with E-state index in [1.807, 2.05) is 32.9 Å². The van der Waals surface area contributed by atoms with E-state index in [4.69, 9.17) is 4.74 Å². The van der Waals surface area contributed by atoms with E-state index >= 15 is 0 Å². The number of carboxylic acids is 1. The molecule has 1 N–H and O–H groups in total. The third kappa shape index (κ3) is 3.27. The zero-order valence-electron chi connectivity index (χ0n) is 12.2. The first-order chi connectivity index (χ1) is 9.91. The molecule has 0 radical (unpaired) electrons. The largest absolute Gasteiger partial charge is 0.478 e. The Labute approximate surface area is 132 Å². The highest BCUT2D eigenvalue weighted by Gasteiger charge is 2.23. The third-order valence-corrected chi connectivity index (χ3v) is 4.75. The Morgan fingerprint density at radius 2 is 1.76 bits per heavy atom. The molecule has 0 saturated heterocycles. The van der Waals surface area contributed by atoms with Crippen LogP contribution in [0.3, 0.4) is 0 Å². The van der Waals surface area contributed by atoms with Crippen molar-refractivity contribution in [1.29, 1.82) is 0 Å². The Kier molecular flexibility index (Phi) is 4.68. The van der Waals surface area contributed by atoms with Crippen molar-refractivity contribution < 1.29 is 14.6 Å². The monoisotopic (exact) mass is 348 g/mol. The van der Waals surface area contributed by atoms with Crippen LogP contribution in [0.1, 0.15) is 28.4 Å². The quantitative estimate of drug-likeness (QED) is 0.879. The molecule has 3 nitrogen and oxygen atoms in total. The topological polar surface area (TPSA) is 46.5 Å². The molecule has 2 aromatic carbocycles. The molecule has 0 amide bonds. The van der Waals surface area contributed by atoms with Gasteiger partial charge in [0.2, 0.25) is 6.10 Å². The smallest absolute Gasteiger partial charge is 0.349 e.